The summed E-state index contributed by atoms with van der Waals surface area (Å²) in [6.07, 6.45) is -0.473. The Bertz CT molecular complexity index is 352. The summed E-state index contributed by atoms with van der Waals surface area (Å²) in [7, 11) is 3.42. The second-order valence-electron chi connectivity index (χ2n) is 3.42. The van der Waals surface area contributed by atoms with Crippen LogP contribution in [0.5, 0.6) is 5.75 Å². The van der Waals surface area contributed by atoms with Crippen LogP contribution in [0.1, 0.15) is 6.92 Å². The predicted octanol–water partition coefficient (Wildman–Crippen LogP) is 2.30. The fraction of sp³-hybridized carbons (Fsp3) is 0.364. The zero-order valence-electron chi connectivity index (χ0n) is 9.03. The molecular formula is C11H14BrNO2. The minimum atomic E-state index is -0.473. The first-order valence-corrected chi connectivity index (χ1v) is 5.44. The number of nitrogens with zero attached hydrogens (tertiary/aromatic N) is 1. The number of amides is 1. The Balaban J connectivity index is 2.71. The Hall–Kier alpha value is -1.03. The van der Waals surface area contributed by atoms with Crippen molar-refractivity contribution >= 4 is 21.8 Å². The van der Waals surface area contributed by atoms with E-state index >= 15 is 0 Å². The van der Waals surface area contributed by atoms with Crippen LogP contribution in [-0.4, -0.2) is 31.0 Å². The molecule has 0 aliphatic rings. The Morgan fingerprint density at radius 1 is 1.40 bits per heavy atom. The van der Waals surface area contributed by atoms with Gasteiger partial charge in [-0.15, -0.1) is 0 Å². The molecule has 0 N–H and O–H groups in total. The number of likely N-dealkylation sites (N-methyl/N-ethyl adjacent to an activating group) is 1. The average Bonchev–Trinajstić information content (AvgIpc) is 2.20. The summed E-state index contributed by atoms with van der Waals surface area (Å²) in [6.45, 7) is 1.74. The van der Waals surface area contributed by atoms with E-state index in [1.807, 2.05) is 24.3 Å². The Labute approximate surface area is 98.2 Å². The molecule has 82 valence electrons. The van der Waals surface area contributed by atoms with Crippen molar-refractivity contribution in [2.24, 2.45) is 0 Å². The zero-order chi connectivity index (χ0) is 11.4. The van der Waals surface area contributed by atoms with E-state index in [9.17, 15) is 4.79 Å². The highest BCUT2D eigenvalue weighted by Gasteiger charge is 2.17. The van der Waals surface area contributed by atoms with Gasteiger partial charge in [0, 0.05) is 14.1 Å². The van der Waals surface area contributed by atoms with Gasteiger partial charge in [0.1, 0.15) is 5.75 Å². The van der Waals surface area contributed by atoms with Crippen LogP contribution in [0.4, 0.5) is 0 Å². The minimum Gasteiger partial charge on any atom is -0.480 e. The molecule has 3 nitrogen and oxygen atoms in total. The van der Waals surface area contributed by atoms with Crippen molar-refractivity contribution in [2.45, 2.75) is 13.0 Å². The summed E-state index contributed by atoms with van der Waals surface area (Å²) in [4.78, 5) is 13.1. The fourth-order valence-corrected chi connectivity index (χ4v) is 1.52. The largest absolute Gasteiger partial charge is 0.480 e. The lowest BCUT2D eigenvalue weighted by atomic mass is 10.3. The summed E-state index contributed by atoms with van der Waals surface area (Å²) in [5.41, 5.74) is 0. The molecule has 0 spiro atoms. The Kier molecular flexibility index (Phi) is 4.15. The van der Waals surface area contributed by atoms with Crippen molar-refractivity contribution < 1.29 is 9.53 Å². The standard InChI is InChI=1S/C11H14BrNO2/c1-8(11(14)13(2)3)15-10-7-5-4-6-9(10)12/h4-8H,1-3H3. The molecule has 0 radical (unpaired) electrons. The van der Waals surface area contributed by atoms with Crippen molar-refractivity contribution in [2.75, 3.05) is 14.1 Å². The number of para-hydroxylation sites is 1. The van der Waals surface area contributed by atoms with Gasteiger partial charge in [-0.25, -0.2) is 0 Å². The number of ether oxygens (including phenoxy) is 1. The molecule has 0 saturated carbocycles. The molecule has 0 fully saturated rings. The lowest BCUT2D eigenvalue weighted by molar-refractivity contribution is -0.135. The lowest BCUT2D eigenvalue weighted by Gasteiger charge is -2.18. The van der Waals surface area contributed by atoms with E-state index in [1.54, 1.807) is 21.0 Å². The molecule has 1 rings (SSSR count). The van der Waals surface area contributed by atoms with Gasteiger partial charge in [-0.3, -0.25) is 4.79 Å². The molecular weight excluding hydrogens is 258 g/mol. The van der Waals surface area contributed by atoms with Gasteiger partial charge in [0.15, 0.2) is 6.10 Å². The van der Waals surface area contributed by atoms with Gasteiger partial charge >= 0.3 is 0 Å². The monoisotopic (exact) mass is 271 g/mol. The van der Waals surface area contributed by atoms with Gasteiger partial charge in [-0.2, -0.15) is 0 Å². The molecule has 0 aliphatic heterocycles. The number of carbonyl (C=O) groups excluding carboxylic acids is 1. The van der Waals surface area contributed by atoms with Gasteiger partial charge in [-0.05, 0) is 35.0 Å². The third kappa shape index (κ3) is 3.23. The second kappa shape index (κ2) is 5.16. The van der Waals surface area contributed by atoms with Gasteiger partial charge < -0.3 is 9.64 Å². The summed E-state index contributed by atoms with van der Waals surface area (Å²) in [6, 6.07) is 7.47. The van der Waals surface area contributed by atoms with E-state index < -0.39 is 6.10 Å². The highest BCUT2D eigenvalue weighted by Crippen LogP contribution is 2.24. The maximum absolute atomic E-state index is 11.5. The summed E-state index contributed by atoms with van der Waals surface area (Å²) in [5.74, 6) is 0.631. The number of hydrogen-bond donors (Lipinski definition) is 0. The van der Waals surface area contributed by atoms with Gasteiger partial charge in [0.25, 0.3) is 5.91 Å². The van der Waals surface area contributed by atoms with Gasteiger partial charge in [-0.1, -0.05) is 12.1 Å². The maximum atomic E-state index is 11.5. The van der Waals surface area contributed by atoms with E-state index in [-0.39, 0.29) is 5.91 Å². The SMILES string of the molecule is CC(Oc1ccccc1Br)C(=O)N(C)C. The molecule has 4 heteroatoms. The van der Waals surface area contributed by atoms with Crippen molar-refractivity contribution in [1.29, 1.82) is 0 Å². The molecule has 15 heavy (non-hydrogen) atoms. The topological polar surface area (TPSA) is 29.5 Å². The van der Waals surface area contributed by atoms with E-state index in [4.69, 9.17) is 4.74 Å². The first-order valence-electron chi connectivity index (χ1n) is 4.64. The quantitative estimate of drug-likeness (QED) is 0.845. The van der Waals surface area contributed by atoms with Crippen LogP contribution in [-0.2, 0) is 4.79 Å². The molecule has 1 amide bonds. The maximum Gasteiger partial charge on any atom is 0.262 e. The molecule has 0 saturated heterocycles. The van der Waals surface area contributed by atoms with Crippen LogP contribution in [0, 0.1) is 0 Å². The molecule has 1 atom stereocenters. The molecule has 1 aromatic rings. The summed E-state index contributed by atoms with van der Waals surface area (Å²) < 4.78 is 6.38. The number of rotatable bonds is 3. The number of halogens is 1. The van der Waals surface area contributed by atoms with E-state index in [1.165, 1.54) is 4.90 Å². The zero-order valence-corrected chi connectivity index (χ0v) is 10.6. The number of carbonyl (C=O) groups is 1. The first-order chi connectivity index (χ1) is 7.02. The van der Waals surface area contributed by atoms with Crippen LogP contribution in [0.3, 0.4) is 0 Å². The first kappa shape index (κ1) is 12.0. The van der Waals surface area contributed by atoms with E-state index in [0.717, 1.165) is 4.47 Å². The van der Waals surface area contributed by atoms with Crippen LogP contribution < -0.4 is 4.74 Å². The Morgan fingerprint density at radius 3 is 2.53 bits per heavy atom. The van der Waals surface area contributed by atoms with Crippen LogP contribution >= 0.6 is 15.9 Å². The van der Waals surface area contributed by atoms with Crippen LogP contribution in [0.25, 0.3) is 0 Å². The van der Waals surface area contributed by atoms with Crippen molar-refractivity contribution in [3.8, 4) is 5.75 Å². The number of hydrogen-bond acceptors (Lipinski definition) is 2. The molecule has 0 aliphatic carbocycles. The predicted molar refractivity (Wildman–Crippen MR) is 62.9 cm³/mol. The summed E-state index contributed by atoms with van der Waals surface area (Å²) >= 11 is 3.36. The molecule has 0 heterocycles. The van der Waals surface area contributed by atoms with Crippen LogP contribution in [0.2, 0.25) is 0 Å². The third-order valence-corrected chi connectivity index (χ3v) is 2.58. The lowest BCUT2D eigenvalue weighted by Crippen LogP contribution is -2.35. The normalized spacial score (nSPS) is 12.0. The van der Waals surface area contributed by atoms with Gasteiger partial charge in [0.05, 0.1) is 4.47 Å². The summed E-state index contributed by atoms with van der Waals surface area (Å²) in [5, 5.41) is 0. The minimum absolute atomic E-state index is 0.0502. The Morgan fingerprint density at radius 2 is 2.00 bits per heavy atom. The molecule has 0 bridgehead atoms. The molecule has 1 aromatic carbocycles. The second-order valence-corrected chi connectivity index (χ2v) is 4.28. The average molecular weight is 272 g/mol. The highest BCUT2D eigenvalue weighted by molar-refractivity contribution is 9.10. The van der Waals surface area contributed by atoms with Crippen LogP contribution in [0.15, 0.2) is 28.7 Å². The fourth-order valence-electron chi connectivity index (χ4n) is 1.14. The third-order valence-electron chi connectivity index (χ3n) is 1.93. The number of benzene rings is 1. The highest BCUT2D eigenvalue weighted by atomic mass is 79.9. The molecule has 1 unspecified atom stereocenters. The van der Waals surface area contributed by atoms with Crippen molar-refractivity contribution in [3.05, 3.63) is 28.7 Å². The van der Waals surface area contributed by atoms with Crippen molar-refractivity contribution in [1.82, 2.24) is 4.90 Å². The van der Waals surface area contributed by atoms with E-state index in [2.05, 4.69) is 15.9 Å². The van der Waals surface area contributed by atoms with Crippen molar-refractivity contribution in [3.63, 3.8) is 0 Å². The smallest absolute Gasteiger partial charge is 0.262 e. The van der Waals surface area contributed by atoms with E-state index in [0.29, 0.717) is 5.75 Å². The van der Waals surface area contributed by atoms with Gasteiger partial charge in [0.2, 0.25) is 0 Å². The molecule has 0 aromatic heterocycles.